The molecule has 0 aromatic rings. The normalized spacial score (nSPS) is 9.78. The van der Waals surface area contributed by atoms with Gasteiger partial charge in [0.05, 0.1) is 5.91 Å². The number of hydrogen-bond acceptors (Lipinski definition) is 1. The monoisotopic (exact) mass is 217 g/mol. The van der Waals surface area contributed by atoms with Crippen LogP contribution in [0.15, 0.2) is 0 Å². The molecule has 0 atom stereocenters. The van der Waals surface area contributed by atoms with Crippen LogP contribution >= 0.6 is 0 Å². The Balaban J connectivity index is 0. The standard InChI is InChI=1S/C6H13NO.Rh/c1-6(2,3)5(8)7-4;/h1-4H3,(H,7,8);/p-1. The first-order chi connectivity index (χ1) is 3.48. The predicted molar refractivity (Wildman–Crippen MR) is 33.7 cm³/mol. The van der Waals surface area contributed by atoms with Crippen molar-refractivity contribution >= 4 is 5.91 Å². The van der Waals surface area contributed by atoms with Gasteiger partial charge >= 0.3 is 0 Å². The van der Waals surface area contributed by atoms with Crippen molar-refractivity contribution in [3.8, 4) is 0 Å². The van der Waals surface area contributed by atoms with Gasteiger partial charge in [0.15, 0.2) is 0 Å². The first-order valence-electron chi connectivity index (χ1n) is 2.62. The zero-order chi connectivity index (χ0) is 6.78. The van der Waals surface area contributed by atoms with E-state index in [1.54, 1.807) is 0 Å². The molecule has 0 N–H and O–H groups in total. The van der Waals surface area contributed by atoms with Crippen LogP contribution in [0.5, 0.6) is 0 Å². The van der Waals surface area contributed by atoms with Gasteiger partial charge in [-0.2, -0.15) is 0 Å². The number of hydrogen-bond donors (Lipinski definition) is 0. The third-order valence-electron chi connectivity index (χ3n) is 0.845. The SMILES string of the molecule is C[N-]C(=O)C(C)(C)C.[Rh]. The maximum absolute atomic E-state index is 10.7. The van der Waals surface area contributed by atoms with Crippen LogP contribution in [0.25, 0.3) is 5.32 Å². The predicted octanol–water partition coefficient (Wildman–Crippen LogP) is 1.56. The summed E-state index contributed by atoms with van der Waals surface area (Å²) in [6.45, 7) is 5.55. The fourth-order valence-corrected chi connectivity index (χ4v) is 0.335. The van der Waals surface area contributed by atoms with E-state index >= 15 is 0 Å². The quantitative estimate of drug-likeness (QED) is 0.566. The van der Waals surface area contributed by atoms with Gasteiger partial charge in [0, 0.05) is 24.9 Å². The van der Waals surface area contributed by atoms with Crippen molar-refractivity contribution in [1.29, 1.82) is 0 Å². The third-order valence-corrected chi connectivity index (χ3v) is 0.845. The number of carbonyl (C=O) groups excluding carboxylic acids is 1. The van der Waals surface area contributed by atoms with Crippen LogP contribution in [0.1, 0.15) is 20.8 Å². The molecule has 0 spiro atoms. The maximum atomic E-state index is 10.7. The topological polar surface area (TPSA) is 31.2 Å². The molecule has 0 aromatic heterocycles. The average molecular weight is 217 g/mol. The van der Waals surface area contributed by atoms with Crippen LogP contribution < -0.4 is 0 Å². The van der Waals surface area contributed by atoms with Gasteiger partial charge in [-0.1, -0.05) is 20.8 Å². The molecule has 0 aliphatic heterocycles. The van der Waals surface area contributed by atoms with Gasteiger partial charge in [0.25, 0.3) is 0 Å². The Bertz CT molecular complexity index is 95.7. The van der Waals surface area contributed by atoms with Crippen LogP contribution in [0.2, 0.25) is 0 Å². The van der Waals surface area contributed by atoms with Crippen LogP contribution in [0.3, 0.4) is 0 Å². The van der Waals surface area contributed by atoms with Crippen molar-refractivity contribution in [2.75, 3.05) is 7.05 Å². The molecular formula is C6H12NORh-. The van der Waals surface area contributed by atoms with Crippen molar-refractivity contribution < 1.29 is 24.3 Å². The Morgan fingerprint density at radius 2 is 1.67 bits per heavy atom. The molecule has 0 heterocycles. The molecular weight excluding hydrogens is 205 g/mol. The van der Waals surface area contributed by atoms with E-state index in [1.807, 2.05) is 20.8 Å². The van der Waals surface area contributed by atoms with E-state index in [2.05, 4.69) is 5.32 Å². The molecule has 9 heavy (non-hydrogen) atoms. The molecule has 0 rings (SSSR count). The molecule has 2 nitrogen and oxygen atoms in total. The number of nitrogens with zero attached hydrogens (tertiary/aromatic N) is 1. The Hall–Kier alpha value is 0.0934. The van der Waals surface area contributed by atoms with Crippen molar-refractivity contribution in [2.45, 2.75) is 20.8 Å². The van der Waals surface area contributed by atoms with Crippen molar-refractivity contribution in [1.82, 2.24) is 0 Å². The van der Waals surface area contributed by atoms with Crippen LogP contribution in [0, 0.1) is 5.41 Å². The largest absolute Gasteiger partial charge is 0.655 e. The minimum atomic E-state index is -0.297. The zero-order valence-electron chi connectivity index (χ0n) is 6.19. The number of amides is 1. The van der Waals surface area contributed by atoms with E-state index in [4.69, 9.17) is 0 Å². The molecule has 3 heteroatoms. The molecule has 1 radical (unpaired) electrons. The van der Waals surface area contributed by atoms with Gasteiger partial charge in [-0.25, -0.2) is 0 Å². The maximum Gasteiger partial charge on any atom is 0.0564 e. The van der Waals surface area contributed by atoms with E-state index in [0.717, 1.165) is 0 Å². The summed E-state index contributed by atoms with van der Waals surface area (Å²) in [6, 6.07) is 0. The Labute approximate surface area is 69.2 Å². The van der Waals surface area contributed by atoms with Crippen molar-refractivity contribution in [2.24, 2.45) is 5.41 Å². The number of rotatable bonds is 0. The van der Waals surface area contributed by atoms with Crippen LogP contribution in [-0.4, -0.2) is 13.0 Å². The fourth-order valence-electron chi connectivity index (χ4n) is 0.335. The summed E-state index contributed by atoms with van der Waals surface area (Å²) in [6.07, 6.45) is 0. The van der Waals surface area contributed by atoms with Crippen LogP contribution in [0.4, 0.5) is 0 Å². The van der Waals surface area contributed by atoms with Gasteiger partial charge in [0.2, 0.25) is 0 Å². The van der Waals surface area contributed by atoms with Crippen LogP contribution in [-0.2, 0) is 24.3 Å². The molecule has 0 aromatic carbocycles. The fraction of sp³-hybridized carbons (Fsp3) is 0.833. The van der Waals surface area contributed by atoms with Gasteiger partial charge in [-0.05, 0) is 0 Å². The molecule has 1 amide bonds. The minimum absolute atomic E-state index is 0. The van der Waals surface area contributed by atoms with Gasteiger partial charge in [-0.3, -0.25) is 0 Å². The van der Waals surface area contributed by atoms with E-state index in [0.29, 0.717) is 0 Å². The van der Waals surface area contributed by atoms with E-state index < -0.39 is 0 Å². The van der Waals surface area contributed by atoms with E-state index in [-0.39, 0.29) is 30.8 Å². The second-order valence-electron chi connectivity index (χ2n) is 2.78. The molecule has 0 fully saturated rings. The van der Waals surface area contributed by atoms with E-state index in [9.17, 15) is 4.79 Å². The summed E-state index contributed by atoms with van der Waals surface area (Å²) in [5.74, 6) is -0.0440. The Morgan fingerprint density at radius 1 is 1.33 bits per heavy atom. The summed E-state index contributed by atoms with van der Waals surface area (Å²) < 4.78 is 0. The molecule has 0 aliphatic carbocycles. The summed E-state index contributed by atoms with van der Waals surface area (Å²) in [7, 11) is 1.52. The molecule has 0 bridgehead atoms. The first kappa shape index (κ1) is 11.8. The molecule has 0 aliphatic rings. The average Bonchev–Trinajstić information content (AvgIpc) is 1.62. The first-order valence-corrected chi connectivity index (χ1v) is 2.62. The minimum Gasteiger partial charge on any atom is -0.655 e. The second-order valence-corrected chi connectivity index (χ2v) is 2.78. The summed E-state index contributed by atoms with van der Waals surface area (Å²) >= 11 is 0. The summed E-state index contributed by atoms with van der Waals surface area (Å²) in [5, 5.41) is 3.52. The van der Waals surface area contributed by atoms with E-state index in [1.165, 1.54) is 7.05 Å². The second kappa shape index (κ2) is 4.00. The molecule has 0 saturated heterocycles. The van der Waals surface area contributed by atoms with Crippen molar-refractivity contribution in [3.05, 3.63) is 5.32 Å². The molecule has 0 saturated carbocycles. The number of carbonyl (C=O) groups is 1. The smallest absolute Gasteiger partial charge is 0.0564 e. The zero-order valence-corrected chi connectivity index (χ0v) is 7.83. The molecule has 57 valence electrons. The van der Waals surface area contributed by atoms with Crippen molar-refractivity contribution in [3.63, 3.8) is 0 Å². The van der Waals surface area contributed by atoms with Gasteiger partial charge in [-0.15, -0.1) is 7.05 Å². The summed E-state index contributed by atoms with van der Waals surface area (Å²) in [4.78, 5) is 10.7. The molecule has 0 unspecified atom stereocenters. The summed E-state index contributed by atoms with van der Waals surface area (Å²) in [5.41, 5.74) is -0.297. The Morgan fingerprint density at radius 3 is 1.67 bits per heavy atom. The van der Waals surface area contributed by atoms with Gasteiger partial charge < -0.3 is 10.1 Å². The third kappa shape index (κ3) is 4.59. The van der Waals surface area contributed by atoms with Gasteiger partial charge in [0.1, 0.15) is 0 Å². The Kier molecular flexibility index (Phi) is 5.26.